The third-order valence-electron chi connectivity index (χ3n) is 3.75. The minimum absolute atomic E-state index is 0.0538. The number of aliphatic carboxylic acids is 1. The number of carbonyl (C=O) groups is 1. The van der Waals surface area contributed by atoms with E-state index in [9.17, 15) is 13.2 Å². The molecule has 1 aromatic rings. The fraction of sp³-hybridized carbons (Fsp3) is 0.533. The number of carboxylic acid groups (broad SMARTS) is 1. The van der Waals surface area contributed by atoms with Gasteiger partial charge in [0.05, 0.1) is 4.90 Å². The molecule has 2 rings (SSSR count). The molecule has 0 amide bonds. The van der Waals surface area contributed by atoms with E-state index in [2.05, 4.69) is 0 Å². The van der Waals surface area contributed by atoms with Crippen molar-refractivity contribution in [1.29, 1.82) is 0 Å². The van der Waals surface area contributed by atoms with Crippen LogP contribution in [0.1, 0.15) is 37.7 Å². The number of aryl methyl sites for hydroxylation is 1. The van der Waals surface area contributed by atoms with Crippen LogP contribution in [0.3, 0.4) is 0 Å². The molecule has 0 unspecified atom stereocenters. The molecule has 0 saturated carbocycles. The first-order valence-electron chi connectivity index (χ1n) is 7.31. The van der Waals surface area contributed by atoms with Gasteiger partial charge in [0.2, 0.25) is 10.0 Å². The number of hydrogen-bond donors (Lipinski definition) is 1. The highest BCUT2D eigenvalue weighted by molar-refractivity contribution is 7.89. The van der Waals surface area contributed by atoms with Crippen molar-refractivity contribution in [3.63, 3.8) is 0 Å². The maximum atomic E-state index is 12.5. The third kappa shape index (κ3) is 4.28. The molecule has 1 fully saturated rings. The van der Waals surface area contributed by atoms with E-state index in [-0.39, 0.29) is 6.42 Å². The summed E-state index contributed by atoms with van der Waals surface area (Å²) < 4.78 is 26.7. The van der Waals surface area contributed by atoms with Crippen LogP contribution in [-0.4, -0.2) is 36.9 Å². The van der Waals surface area contributed by atoms with E-state index < -0.39 is 16.0 Å². The van der Waals surface area contributed by atoms with Crippen molar-refractivity contribution in [3.8, 4) is 0 Å². The molecule has 0 bridgehead atoms. The molecule has 116 valence electrons. The molecule has 0 radical (unpaired) electrons. The minimum Gasteiger partial charge on any atom is -0.481 e. The fourth-order valence-corrected chi connectivity index (χ4v) is 4.03. The Labute approximate surface area is 125 Å². The van der Waals surface area contributed by atoms with Crippen LogP contribution in [0.15, 0.2) is 29.2 Å². The van der Waals surface area contributed by atoms with Crippen molar-refractivity contribution < 1.29 is 18.3 Å². The molecule has 1 aliphatic rings. The van der Waals surface area contributed by atoms with Crippen LogP contribution in [0.4, 0.5) is 0 Å². The van der Waals surface area contributed by atoms with Gasteiger partial charge in [0.15, 0.2) is 0 Å². The van der Waals surface area contributed by atoms with Gasteiger partial charge in [-0.15, -0.1) is 0 Å². The van der Waals surface area contributed by atoms with E-state index in [1.54, 1.807) is 28.6 Å². The monoisotopic (exact) mass is 311 g/mol. The molecule has 0 aromatic heterocycles. The molecule has 1 aliphatic heterocycles. The summed E-state index contributed by atoms with van der Waals surface area (Å²) in [4.78, 5) is 10.8. The van der Waals surface area contributed by atoms with Crippen molar-refractivity contribution in [3.05, 3.63) is 29.8 Å². The van der Waals surface area contributed by atoms with Crippen molar-refractivity contribution in [2.45, 2.75) is 43.4 Å². The molecule has 1 saturated heterocycles. The van der Waals surface area contributed by atoms with Gasteiger partial charge in [-0.3, -0.25) is 4.79 Å². The summed E-state index contributed by atoms with van der Waals surface area (Å²) in [7, 11) is -3.42. The van der Waals surface area contributed by atoms with E-state index in [0.29, 0.717) is 24.4 Å². The van der Waals surface area contributed by atoms with Gasteiger partial charge < -0.3 is 5.11 Å². The van der Waals surface area contributed by atoms with Gasteiger partial charge in [-0.2, -0.15) is 4.31 Å². The maximum absolute atomic E-state index is 12.5. The van der Waals surface area contributed by atoms with E-state index in [1.165, 1.54) is 0 Å². The predicted molar refractivity (Wildman–Crippen MR) is 79.6 cm³/mol. The first kappa shape index (κ1) is 16.0. The van der Waals surface area contributed by atoms with E-state index in [1.807, 2.05) is 0 Å². The van der Waals surface area contributed by atoms with E-state index in [4.69, 9.17) is 5.11 Å². The highest BCUT2D eigenvalue weighted by Crippen LogP contribution is 2.20. The Hall–Kier alpha value is -1.40. The molecular weight excluding hydrogens is 290 g/mol. The Morgan fingerprint density at radius 1 is 1.05 bits per heavy atom. The van der Waals surface area contributed by atoms with Gasteiger partial charge in [0, 0.05) is 19.5 Å². The Morgan fingerprint density at radius 2 is 1.62 bits per heavy atom. The first-order valence-corrected chi connectivity index (χ1v) is 8.75. The van der Waals surface area contributed by atoms with Crippen LogP contribution in [0.5, 0.6) is 0 Å². The van der Waals surface area contributed by atoms with E-state index in [0.717, 1.165) is 31.2 Å². The summed E-state index contributed by atoms with van der Waals surface area (Å²) in [6.45, 7) is 1.17. The van der Waals surface area contributed by atoms with Crippen molar-refractivity contribution >= 4 is 16.0 Å². The third-order valence-corrected chi connectivity index (χ3v) is 5.67. The molecule has 21 heavy (non-hydrogen) atoms. The van der Waals surface area contributed by atoms with Crippen molar-refractivity contribution in [1.82, 2.24) is 4.31 Å². The molecule has 1 heterocycles. The quantitative estimate of drug-likeness (QED) is 0.905. The maximum Gasteiger partial charge on any atom is 0.303 e. The lowest BCUT2D eigenvalue weighted by molar-refractivity contribution is -0.136. The molecule has 0 spiro atoms. The molecule has 0 aliphatic carbocycles. The Balaban J connectivity index is 2.10. The molecule has 1 N–H and O–H groups in total. The van der Waals surface area contributed by atoms with Gasteiger partial charge in [-0.25, -0.2) is 8.42 Å². The lowest BCUT2D eigenvalue weighted by Crippen LogP contribution is -2.31. The van der Waals surface area contributed by atoms with Crippen LogP contribution in [0.25, 0.3) is 0 Å². The zero-order valence-electron chi connectivity index (χ0n) is 12.0. The second-order valence-corrected chi connectivity index (χ2v) is 7.29. The van der Waals surface area contributed by atoms with Crippen molar-refractivity contribution in [2.75, 3.05) is 13.1 Å². The molecule has 6 heteroatoms. The highest BCUT2D eigenvalue weighted by Gasteiger charge is 2.24. The zero-order chi connectivity index (χ0) is 15.3. The molecule has 0 atom stereocenters. The summed E-state index contributed by atoms with van der Waals surface area (Å²) in [5, 5.41) is 8.65. The first-order chi connectivity index (χ1) is 10.00. The van der Waals surface area contributed by atoms with Gasteiger partial charge in [-0.05, 0) is 37.0 Å². The second-order valence-electron chi connectivity index (χ2n) is 5.36. The number of benzene rings is 1. The van der Waals surface area contributed by atoms with Crippen LogP contribution in [-0.2, 0) is 21.2 Å². The lowest BCUT2D eigenvalue weighted by Gasteiger charge is -2.20. The topological polar surface area (TPSA) is 74.7 Å². The average molecular weight is 311 g/mol. The summed E-state index contributed by atoms with van der Waals surface area (Å²) in [6, 6.07) is 6.57. The smallest absolute Gasteiger partial charge is 0.303 e. The number of sulfonamides is 1. The van der Waals surface area contributed by atoms with Crippen LogP contribution >= 0.6 is 0 Å². The molecule has 5 nitrogen and oxygen atoms in total. The minimum atomic E-state index is -3.42. The van der Waals surface area contributed by atoms with Crippen LogP contribution < -0.4 is 0 Å². The zero-order valence-corrected chi connectivity index (χ0v) is 12.8. The van der Waals surface area contributed by atoms with Crippen LogP contribution in [0.2, 0.25) is 0 Å². The van der Waals surface area contributed by atoms with Crippen molar-refractivity contribution in [2.24, 2.45) is 0 Å². The Bertz CT molecular complexity index is 572. The van der Waals surface area contributed by atoms with E-state index >= 15 is 0 Å². The van der Waals surface area contributed by atoms with Gasteiger partial charge in [0.1, 0.15) is 0 Å². The Morgan fingerprint density at radius 3 is 2.14 bits per heavy atom. The standard InChI is InChI=1S/C15H21NO4S/c17-15(18)10-7-13-5-8-14(9-6-13)21(19,20)16-11-3-1-2-4-12-16/h5-6,8-9H,1-4,7,10-12H2,(H,17,18). The molecular formula is C15H21NO4S. The summed E-state index contributed by atoms with van der Waals surface area (Å²) in [5.41, 5.74) is 0.840. The van der Waals surface area contributed by atoms with Crippen LogP contribution in [0, 0.1) is 0 Å². The lowest BCUT2D eigenvalue weighted by atomic mass is 10.1. The number of hydrogen-bond acceptors (Lipinski definition) is 3. The number of nitrogens with zero attached hydrogens (tertiary/aromatic N) is 1. The summed E-state index contributed by atoms with van der Waals surface area (Å²) in [5.74, 6) is -0.851. The SMILES string of the molecule is O=C(O)CCc1ccc(S(=O)(=O)N2CCCCCC2)cc1. The predicted octanol–water partition coefficient (Wildman–Crippen LogP) is 2.27. The summed E-state index contributed by atoms with van der Waals surface area (Å²) in [6.07, 6.45) is 4.46. The highest BCUT2D eigenvalue weighted by atomic mass is 32.2. The summed E-state index contributed by atoms with van der Waals surface area (Å²) >= 11 is 0. The number of rotatable bonds is 5. The molecule has 1 aromatic carbocycles. The van der Waals surface area contributed by atoms with Gasteiger partial charge >= 0.3 is 5.97 Å². The number of carboxylic acids is 1. The normalized spacial score (nSPS) is 17.3. The van der Waals surface area contributed by atoms with Gasteiger partial charge in [-0.1, -0.05) is 25.0 Å². The largest absolute Gasteiger partial charge is 0.481 e. The second kappa shape index (κ2) is 7.04. The van der Waals surface area contributed by atoms with Gasteiger partial charge in [0.25, 0.3) is 0 Å². The fourth-order valence-electron chi connectivity index (χ4n) is 2.51. The Kier molecular flexibility index (Phi) is 5.36. The average Bonchev–Trinajstić information content (AvgIpc) is 2.75.